The fraction of sp³-hybridized carbons (Fsp3) is 0.444. The Labute approximate surface area is 67.2 Å². The van der Waals surface area contributed by atoms with Gasteiger partial charge in [-0.3, -0.25) is 0 Å². The maximum absolute atomic E-state index is 10.5. The lowest BCUT2D eigenvalue weighted by Crippen LogP contribution is -1.99. The van der Waals surface area contributed by atoms with Crippen molar-refractivity contribution in [3.05, 3.63) is 22.8 Å². The van der Waals surface area contributed by atoms with Crippen molar-refractivity contribution in [2.75, 3.05) is 0 Å². The first-order valence-corrected chi connectivity index (χ1v) is 3.54. The number of carbonyl (C=O) groups is 1. The maximum Gasteiger partial charge on any atom is 0.331 e. The van der Waals surface area contributed by atoms with Gasteiger partial charge < -0.3 is 5.11 Å². The predicted molar refractivity (Wildman–Crippen MR) is 45.4 cm³/mol. The third kappa shape index (κ3) is 2.58. The second kappa shape index (κ2) is 3.96. The minimum absolute atomic E-state index is 0.417. The number of carboxylic acids is 1. The Bertz CT molecular complexity index is 222. The summed E-state index contributed by atoms with van der Waals surface area (Å²) in [6.45, 7) is 7.24. The monoisotopic (exact) mass is 154 g/mol. The van der Waals surface area contributed by atoms with Gasteiger partial charge in [-0.1, -0.05) is 11.6 Å². The first kappa shape index (κ1) is 9.95. The second-order valence-corrected chi connectivity index (χ2v) is 2.53. The van der Waals surface area contributed by atoms with Gasteiger partial charge in [-0.25, -0.2) is 4.79 Å². The number of allylic oxidation sites excluding steroid dienone is 3. The van der Waals surface area contributed by atoms with Crippen molar-refractivity contribution in [1.29, 1.82) is 0 Å². The molecule has 0 aromatic carbocycles. The molecular weight excluding hydrogens is 140 g/mol. The number of hydrogen-bond acceptors (Lipinski definition) is 1. The normalized spacial score (nSPS) is 14.4. The molecule has 0 radical (unpaired) electrons. The number of aliphatic carboxylic acids is 1. The lowest BCUT2D eigenvalue weighted by Gasteiger charge is -2.02. The minimum atomic E-state index is -0.844. The van der Waals surface area contributed by atoms with E-state index in [1.807, 2.05) is 26.8 Å². The highest BCUT2D eigenvalue weighted by molar-refractivity contribution is 5.87. The van der Waals surface area contributed by atoms with Crippen molar-refractivity contribution in [3.8, 4) is 0 Å². The quantitative estimate of drug-likeness (QED) is 0.489. The smallest absolute Gasteiger partial charge is 0.331 e. The first-order chi connectivity index (χ1) is 5.00. The van der Waals surface area contributed by atoms with E-state index in [1.54, 1.807) is 6.92 Å². The Kier molecular flexibility index (Phi) is 3.58. The van der Waals surface area contributed by atoms with Gasteiger partial charge in [0.15, 0.2) is 0 Å². The lowest BCUT2D eigenvalue weighted by molar-refractivity contribution is -0.132. The van der Waals surface area contributed by atoms with E-state index in [1.165, 1.54) is 0 Å². The minimum Gasteiger partial charge on any atom is -0.478 e. The summed E-state index contributed by atoms with van der Waals surface area (Å²) in [5.41, 5.74) is 2.28. The molecular formula is C9H14O2. The molecule has 0 unspecified atom stereocenters. The lowest BCUT2D eigenvalue weighted by atomic mass is 10.0. The van der Waals surface area contributed by atoms with Crippen LogP contribution < -0.4 is 0 Å². The van der Waals surface area contributed by atoms with E-state index in [4.69, 9.17) is 5.11 Å². The Hall–Kier alpha value is -1.05. The van der Waals surface area contributed by atoms with E-state index >= 15 is 0 Å². The molecule has 0 aliphatic carbocycles. The van der Waals surface area contributed by atoms with Crippen LogP contribution in [0.25, 0.3) is 0 Å². The number of carboxylic acid groups (broad SMARTS) is 1. The standard InChI is InChI=1S/C9H14O2/c1-5-6(2)7(3)8(4)9(10)11/h5H,1-4H3,(H,10,11). The van der Waals surface area contributed by atoms with E-state index in [2.05, 4.69) is 0 Å². The molecule has 11 heavy (non-hydrogen) atoms. The van der Waals surface area contributed by atoms with Crippen LogP contribution in [0.2, 0.25) is 0 Å². The molecule has 0 aliphatic heterocycles. The average Bonchev–Trinajstić information content (AvgIpc) is 2.00. The zero-order valence-corrected chi connectivity index (χ0v) is 7.43. The molecule has 0 aliphatic rings. The summed E-state index contributed by atoms with van der Waals surface area (Å²) < 4.78 is 0. The molecule has 0 fully saturated rings. The van der Waals surface area contributed by atoms with Gasteiger partial charge in [-0.2, -0.15) is 0 Å². The van der Waals surface area contributed by atoms with E-state index in [-0.39, 0.29) is 0 Å². The highest BCUT2D eigenvalue weighted by atomic mass is 16.4. The van der Waals surface area contributed by atoms with Crippen LogP contribution in [-0.2, 0) is 4.79 Å². The van der Waals surface area contributed by atoms with Crippen molar-refractivity contribution < 1.29 is 9.90 Å². The van der Waals surface area contributed by atoms with Crippen molar-refractivity contribution in [2.45, 2.75) is 27.7 Å². The maximum atomic E-state index is 10.5. The summed E-state index contributed by atoms with van der Waals surface area (Å²) >= 11 is 0. The van der Waals surface area contributed by atoms with E-state index in [0.717, 1.165) is 11.1 Å². The summed E-state index contributed by atoms with van der Waals surface area (Å²) in [5, 5.41) is 8.61. The summed E-state index contributed by atoms with van der Waals surface area (Å²) in [5.74, 6) is -0.844. The van der Waals surface area contributed by atoms with Crippen molar-refractivity contribution in [2.24, 2.45) is 0 Å². The molecule has 2 heteroatoms. The molecule has 0 amide bonds. The van der Waals surface area contributed by atoms with E-state index in [0.29, 0.717) is 5.57 Å². The molecule has 0 bridgehead atoms. The van der Waals surface area contributed by atoms with Crippen LogP contribution in [0, 0.1) is 0 Å². The molecule has 0 heterocycles. The SMILES string of the molecule is CC=C(C)C(C)=C(C)C(=O)O. The molecule has 0 rings (SSSR count). The molecule has 0 aromatic rings. The molecule has 0 saturated heterocycles. The summed E-state index contributed by atoms with van der Waals surface area (Å²) in [4.78, 5) is 10.5. The predicted octanol–water partition coefficient (Wildman–Crippen LogP) is 2.37. The summed E-state index contributed by atoms with van der Waals surface area (Å²) in [6, 6.07) is 0. The largest absolute Gasteiger partial charge is 0.478 e. The molecule has 0 spiro atoms. The third-order valence-corrected chi connectivity index (χ3v) is 1.91. The van der Waals surface area contributed by atoms with Crippen LogP contribution in [-0.4, -0.2) is 11.1 Å². The first-order valence-electron chi connectivity index (χ1n) is 3.54. The van der Waals surface area contributed by atoms with Crippen LogP contribution >= 0.6 is 0 Å². The Morgan fingerprint density at radius 3 is 1.91 bits per heavy atom. The van der Waals surface area contributed by atoms with Crippen LogP contribution in [0.5, 0.6) is 0 Å². The molecule has 1 N–H and O–H groups in total. The Balaban J connectivity index is 4.81. The Morgan fingerprint density at radius 2 is 1.64 bits per heavy atom. The zero-order valence-electron chi connectivity index (χ0n) is 7.43. The van der Waals surface area contributed by atoms with Crippen molar-refractivity contribution in [3.63, 3.8) is 0 Å². The van der Waals surface area contributed by atoms with Crippen LogP contribution in [0.15, 0.2) is 22.8 Å². The van der Waals surface area contributed by atoms with Gasteiger partial charge in [-0.15, -0.1) is 0 Å². The van der Waals surface area contributed by atoms with Gasteiger partial charge in [0.05, 0.1) is 0 Å². The van der Waals surface area contributed by atoms with Crippen molar-refractivity contribution >= 4 is 5.97 Å². The summed E-state index contributed by atoms with van der Waals surface area (Å²) in [6.07, 6.45) is 1.90. The van der Waals surface area contributed by atoms with Crippen LogP contribution in [0.4, 0.5) is 0 Å². The second-order valence-electron chi connectivity index (χ2n) is 2.53. The fourth-order valence-corrected chi connectivity index (χ4v) is 0.673. The van der Waals surface area contributed by atoms with E-state index < -0.39 is 5.97 Å². The molecule has 0 aromatic heterocycles. The molecule has 62 valence electrons. The van der Waals surface area contributed by atoms with Crippen LogP contribution in [0.3, 0.4) is 0 Å². The Morgan fingerprint density at radius 1 is 1.18 bits per heavy atom. The zero-order chi connectivity index (χ0) is 9.02. The molecule has 2 nitrogen and oxygen atoms in total. The van der Waals surface area contributed by atoms with Crippen LogP contribution in [0.1, 0.15) is 27.7 Å². The van der Waals surface area contributed by atoms with Gasteiger partial charge in [-0.05, 0) is 33.3 Å². The highest BCUT2D eigenvalue weighted by Crippen LogP contribution is 2.12. The highest BCUT2D eigenvalue weighted by Gasteiger charge is 2.04. The van der Waals surface area contributed by atoms with Gasteiger partial charge in [0.2, 0.25) is 0 Å². The van der Waals surface area contributed by atoms with Gasteiger partial charge in [0.1, 0.15) is 0 Å². The van der Waals surface area contributed by atoms with Gasteiger partial charge in [0, 0.05) is 5.57 Å². The molecule has 0 saturated carbocycles. The average molecular weight is 154 g/mol. The van der Waals surface area contributed by atoms with E-state index in [9.17, 15) is 4.79 Å². The third-order valence-electron chi connectivity index (χ3n) is 1.91. The topological polar surface area (TPSA) is 37.3 Å². The summed E-state index contributed by atoms with van der Waals surface area (Å²) in [7, 11) is 0. The number of rotatable bonds is 2. The molecule has 0 atom stereocenters. The van der Waals surface area contributed by atoms with Gasteiger partial charge >= 0.3 is 5.97 Å². The number of hydrogen-bond donors (Lipinski definition) is 1. The fourth-order valence-electron chi connectivity index (χ4n) is 0.673. The van der Waals surface area contributed by atoms with Gasteiger partial charge in [0.25, 0.3) is 0 Å². The van der Waals surface area contributed by atoms with Crippen molar-refractivity contribution in [1.82, 2.24) is 0 Å².